The number of hydrogen-bond donors (Lipinski definition) is 2. The molecule has 1 aromatic heterocycles. The first kappa shape index (κ1) is 15.8. The Labute approximate surface area is 143 Å². The minimum absolute atomic E-state index is 0.0818. The summed E-state index contributed by atoms with van der Waals surface area (Å²) in [6.07, 6.45) is 0. The van der Waals surface area contributed by atoms with E-state index in [1.54, 1.807) is 54.6 Å². The van der Waals surface area contributed by atoms with Crippen LogP contribution in [0.4, 0.5) is 0 Å². The summed E-state index contributed by atoms with van der Waals surface area (Å²) in [5.41, 5.74) is 5.85. The number of nitrogens with one attached hydrogen (secondary N) is 2. The summed E-state index contributed by atoms with van der Waals surface area (Å²) in [5, 5.41) is 0.574. The Balaban J connectivity index is 1.65. The normalized spacial score (nSPS) is 10.2. The van der Waals surface area contributed by atoms with E-state index in [-0.39, 0.29) is 5.76 Å². The van der Waals surface area contributed by atoms with Gasteiger partial charge in [0.05, 0.1) is 0 Å². The lowest BCUT2D eigenvalue weighted by Crippen LogP contribution is -2.41. The highest BCUT2D eigenvalue weighted by Gasteiger charge is 2.13. The fourth-order valence-electron chi connectivity index (χ4n) is 2.09. The van der Waals surface area contributed by atoms with Gasteiger partial charge in [-0.25, -0.2) is 0 Å². The number of halogens is 1. The van der Waals surface area contributed by atoms with E-state index in [2.05, 4.69) is 10.9 Å². The molecule has 3 aromatic rings. The van der Waals surface area contributed by atoms with Crippen LogP contribution in [0.3, 0.4) is 0 Å². The molecule has 120 valence electrons. The topological polar surface area (TPSA) is 71.3 Å². The minimum atomic E-state index is -0.549. The van der Waals surface area contributed by atoms with Crippen molar-refractivity contribution in [2.75, 3.05) is 0 Å². The van der Waals surface area contributed by atoms with E-state index in [0.717, 1.165) is 5.56 Å². The van der Waals surface area contributed by atoms with Gasteiger partial charge < -0.3 is 4.42 Å². The monoisotopic (exact) mass is 340 g/mol. The molecule has 0 saturated heterocycles. The van der Waals surface area contributed by atoms with E-state index in [9.17, 15) is 9.59 Å². The van der Waals surface area contributed by atoms with Crippen LogP contribution in [0.15, 0.2) is 71.1 Å². The van der Waals surface area contributed by atoms with E-state index < -0.39 is 11.8 Å². The van der Waals surface area contributed by atoms with Gasteiger partial charge in [0.2, 0.25) is 0 Å². The molecule has 2 N–H and O–H groups in total. The fraction of sp³-hybridized carbons (Fsp3) is 0. The molecule has 0 bridgehead atoms. The highest BCUT2D eigenvalue weighted by molar-refractivity contribution is 6.30. The van der Waals surface area contributed by atoms with Crippen molar-refractivity contribution < 1.29 is 14.0 Å². The molecule has 6 heteroatoms. The summed E-state index contributed by atoms with van der Waals surface area (Å²) >= 11 is 5.94. The predicted molar refractivity (Wildman–Crippen MR) is 90.5 cm³/mol. The van der Waals surface area contributed by atoms with Crippen LogP contribution in [0, 0.1) is 0 Å². The summed E-state index contributed by atoms with van der Waals surface area (Å²) in [4.78, 5) is 23.9. The van der Waals surface area contributed by atoms with E-state index in [1.807, 2.05) is 6.07 Å². The van der Waals surface area contributed by atoms with Crippen LogP contribution in [0.2, 0.25) is 5.02 Å². The molecule has 1 heterocycles. The smallest absolute Gasteiger partial charge is 0.305 e. The van der Waals surface area contributed by atoms with Gasteiger partial charge in [0.15, 0.2) is 5.76 Å². The minimum Gasteiger partial charge on any atom is -0.451 e. The highest BCUT2D eigenvalue weighted by Crippen LogP contribution is 2.24. The maximum Gasteiger partial charge on any atom is 0.305 e. The number of hydrogen-bond acceptors (Lipinski definition) is 3. The van der Waals surface area contributed by atoms with Crippen LogP contribution >= 0.6 is 11.6 Å². The van der Waals surface area contributed by atoms with Crippen LogP contribution in [0.5, 0.6) is 0 Å². The number of amides is 2. The zero-order chi connectivity index (χ0) is 16.9. The van der Waals surface area contributed by atoms with Crippen molar-refractivity contribution >= 4 is 23.4 Å². The molecule has 2 aromatic carbocycles. The quantitative estimate of drug-likeness (QED) is 0.714. The molecule has 0 radical (unpaired) electrons. The first-order valence-electron chi connectivity index (χ1n) is 7.15. The maximum atomic E-state index is 12.0. The largest absolute Gasteiger partial charge is 0.451 e. The molecule has 0 fully saturated rings. The van der Waals surface area contributed by atoms with Gasteiger partial charge in [0, 0.05) is 16.1 Å². The van der Waals surface area contributed by atoms with Gasteiger partial charge in [-0.15, -0.1) is 0 Å². The molecule has 5 nitrogen and oxygen atoms in total. The van der Waals surface area contributed by atoms with Gasteiger partial charge >= 0.3 is 5.91 Å². The predicted octanol–water partition coefficient (Wildman–Crippen LogP) is 3.67. The van der Waals surface area contributed by atoms with Gasteiger partial charge in [0.1, 0.15) is 5.76 Å². The Hall–Kier alpha value is -3.05. The molecule has 0 unspecified atom stereocenters. The second kappa shape index (κ2) is 7.02. The lowest BCUT2D eigenvalue weighted by atomic mass is 10.2. The average Bonchev–Trinajstić information content (AvgIpc) is 3.10. The number of carbonyl (C=O) groups is 2. The van der Waals surface area contributed by atoms with Crippen molar-refractivity contribution in [3.8, 4) is 11.3 Å². The van der Waals surface area contributed by atoms with Gasteiger partial charge in [-0.1, -0.05) is 41.9 Å². The molecule has 0 spiro atoms. The van der Waals surface area contributed by atoms with Gasteiger partial charge in [0.25, 0.3) is 5.91 Å². The Morgan fingerprint density at radius 3 is 2.33 bits per heavy atom. The first-order valence-corrected chi connectivity index (χ1v) is 7.53. The second-order valence-corrected chi connectivity index (χ2v) is 5.38. The lowest BCUT2D eigenvalue weighted by molar-refractivity contribution is 0.0831. The molecule has 0 aliphatic carbocycles. The van der Waals surface area contributed by atoms with Gasteiger partial charge in [-0.3, -0.25) is 20.4 Å². The Kier molecular flexibility index (Phi) is 4.63. The molecule has 0 aliphatic rings. The molecular weight excluding hydrogens is 328 g/mol. The first-order chi connectivity index (χ1) is 11.6. The van der Waals surface area contributed by atoms with Crippen LogP contribution in [0.1, 0.15) is 20.9 Å². The van der Waals surface area contributed by atoms with Crippen LogP contribution < -0.4 is 10.9 Å². The zero-order valence-corrected chi connectivity index (χ0v) is 13.2. The Morgan fingerprint density at radius 2 is 1.58 bits per heavy atom. The van der Waals surface area contributed by atoms with Gasteiger partial charge in [-0.2, -0.15) is 0 Å². The number of benzene rings is 2. The lowest BCUT2D eigenvalue weighted by Gasteiger charge is -2.05. The third kappa shape index (κ3) is 3.64. The van der Waals surface area contributed by atoms with Crippen molar-refractivity contribution in [2.24, 2.45) is 0 Å². The average molecular weight is 341 g/mol. The number of hydrazine groups is 1. The van der Waals surface area contributed by atoms with Crippen molar-refractivity contribution in [2.45, 2.75) is 0 Å². The van der Waals surface area contributed by atoms with E-state index >= 15 is 0 Å². The molecule has 0 saturated carbocycles. The highest BCUT2D eigenvalue weighted by atomic mass is 35.5. The molecule has 3 rings (SSSR count). The summed E-state index contributed by atoms with van der Waals surface area (Å²) < 4.78 is 5.50. The molecule has 0 aliphatic heterocycles. The third-order valence-electron chi connectivity index (χ3n) is 3.26. The summed E-state index contributed by atoms with van der Waals surface area (Å²) in [5.74, 6) is -0.367. The zero-order valence-electron chi connectivity index (χ0n) is 12.5. The summed E-state index contributed by atoms with van der Waals surface area (Å²) in [6.45, 7) is 0. The van der Waals surface area contributed by atoms with Crippen molar-refractivity contribution in [1.29, 1.82) is 0 Å². The van der Waals surface area contributed by atoms with E-state index in [0.29, 0.717) is 16.3 Å². The van der Waals surface area contributed by atoms with Crippen molar-refractivity contribution in [1.82, 2.24) is 10.9 Å². The SMILES string of the molecule is O=C(NNC(=O)c1ccc(-c2cccc(Cl)c2)o1)c1ccccc1. The molecule has 2 amide bonds. The summed E-state index contributed by atoms with van der Waals surface area (Å²) in [7, 11) is 0. The van der Waals surface area contributed by atoms with Crippen molar-refractivity contribution in [3.05, 3.63) is 83.1 Å². The fourth-order valence-corrected chi connectivity index (χ4v) is 2.28. The molecular formula is C18H13ClN2O3. The number of rotatable bonds is 3. The van der Waals surface area contributed by atoms with Gasteiger partial charge in [-0.05, 0) is 36.4 Å². The van der Waals surface area contributed by atoms with Crippen LogP contribution in [0.25, 0.3) is 11.3 Å². The van der Waals surface area contributed by atoms with Crippen molar-refractivity contribution in [3.63, 3.8) is 0 Å². The standard InChI is InChI=1S/C18H13ClN2O3/c19-14-8-4-7-13(11-14)15-9-10-16(24-15)18(23)21-20-17(22)12-5-2-1-3-6-12/h1-11H,(H,20,22)(H,21,23). The summed E-state index contributed by atoms with van der Waals surface area (Å²) in [6, 6.07) is 18.9. The van der Waals surface area contributed by atoms with Crippen LogP contribution in [-0.4, -0.2) is 11.8 Å². The molecule has 0 atom stereocenters. The second-order valence-electron chi connectivity index (χ2n) is 4.95. The maximum absolute atomic E-state index is 12.0. The number of carbonyl (C=O) groups excluding carboxylic acids is 2. The van der Waals surface area contributed by atoms with Crippen LogP contribution in [-0.2, 0) is 0 Å². The Morgan fingerprint density at radius 1 is 0.833 bits per heavy atom. The third-order valence-corrected chi connectivity index (χ3v) is 3.50. The Bertz CT molecular complexity index is 875. The van der Waals surface area contributed by atoms with E-state index in [1.165, 1.54) is 6.07 Å². The van der Waals surface area contributed by atoms with E-state index in [4.69, 9.17) is 16.0 Å². The number of furan rings is 1. The molecule has 24 heavy (non-hydrogen) atoms.